The summed E-state index contributed by atoms with van der Waals surface area (Å²) in [5.74, 6) is 0.308. The molecule has 3 aromatic rings. The average Bonchev–Trinajstić information content (AvgIpc) is 3.02. The van der Waals surface area contributed by atoms with E-state index in [1.807, 2.05) is 23.6 Å². The maximum atomic E-state index is 12.6. The number of benzene rings is 2. The SMILES string of the molecule is CCCn1c(=NC(=O)c2ccc([N+](=O)[O-])cc2)sc2c(C)ccc(OC)c21. The zero-order chi connectivity index (χ0) is 19.6. The molecule has 0 bridgehead atoms. The molecule has 0 atom stereocenters. The molecule has 0 saturated heterocycles. The Morgan fingerprint density at radius 3 is 2.56 bits per heavy atom. The first-order valence-electron chi connectivity index (χ1n) is 8.46. The number of rotatable bonds is 5. The highest BCUT2D eigenvalue weighted by Crippen LogP contribution is 2.30. The van der Waals surface area contributed by atoms with Gasteiger partial charge in [0.25, 0.3) is 11.6 Å². The van der Waals surface area contributed by atoms with Crippen molar-refractivity contribution < 1.29 is 14.5 Å². The van der Waals surface area contributed by atoms with Gasteiger partial charge in [-0.3, -0.25) is 14.9 Å². The summed E-state index contributed by atoms with van der Waals surface area (Å²) in [6.45, 7) is 4.77. The van der Waals surface area contributed by atoms with Crippen LogP contribution in [0.2, 0.25) is 0 Å². The molecular weight excluding hydrogens is 366 g/mol. The van der Waals surface area contributed by atoms with Crippen LogP contribution in [0.4, 0.5) is 5.69 Å². The van der Waals surface area contributed by atoms with Crippen molar-refractivity contribution in [1.82, 2.24) is 4.57 Å². The summed E-state index contributed by atoms with van der Waals surface area (Å²) in [7, 11) is 1.62. The minimum absolute atomic E-state index is 0.0604. The van der Waals surface area contributed by atoms with Gasteiger partial charge in [0, 0.05) is 24.2 Å². The van der Waals surface area contributed by atoms with Crippen LogP contribution >= 0.6 is 11.3 Å². The zero-order valence-corrected chi connectivity index (χ0v) is 16.1. The molecule has 1 aromatic heterocycles. The van der Waals surface area contributed by atoms with Crippen molar-refractivity contribution in [3.05, 3.63) is 62.4 Å². The van der Waals surface area contributed by atoms with Crippen molar-refractivity contribution in [3.8, 4) is 5.75 Å². The van der Waals surface area contributed by atoms with Crippen LogP contribution in [0, 0.1) is 17.0 Å². The Balaban J connectivity index is 2.14. The lowest BCUT2D eigenvalue weighted by atomic mass is 10.2. The minimum atomic E-state index is -0.498. The fourth-order valence-corrected chi connectivity index (χ4v) is 3.98. The number of nitro groups is 1. The van der Waals surface area contributed by atoms with E-state index in [4.69, 9.17) is 4.74 Å². The third-order valence-electron chi connectivity index (χ3n) is 4.17. The van der Waals surface area contributed by atoms with E-state index in [0.29, 0.717) is 16.9 Å². The molecule has 0 aliphatic carbocycles. The van der Waals surface area contributed by atoms with Crippen LogP contribution in [0.5, 0.6) is 5.75 Å². The number of non-ortho nitro benzene ring substituents is 1. The number of amides is 1. The van der Waals surface area contributed by atoms with Crippen LogP contribution in [-0.2, 0) is 6.54 Å². The van der Waals surface area contributed by atoms with E-state index in [-0.39, 0.29) is 5.69 Å². The number of hydrogen-bond donors (Lipinski definition) is 0. The number of aryl methyl sites for hydroxylation is 2. The summed E-state index contributed by atoms with van der Waals surface area (Å²) < 4.78 is 8.52. The number of carbonyl (C=O) groups excluding carboxylic acids is 1. The summed E-state index contributed by atoms with van der Waals surface area (Å²) in [6.07, 6.45) is 0.877. The van der Waals surface area contributed by atoms with Gasteiger partial charge in [0.1, 0.15) is 11.3 Å². The Labute approximate surface area is 159 Å². The van der Waals surface area contributed by atoms with Gasteiger partial charge in [-0.1, -0.05) is 24.3 Å². The molecule has 1 amide bonds. The van der Waals surface area contributed by atoms with E-state index in [1.165, 1.54) is 35.6 Å². The van der Waals surface area contributed by atoms with Crippen molar-refractivity contribution >= 4 is 33.1 Å². The first kappa shape index (κ1) is 18.8. The molecule has 0 aliphatic heterocycles. The van der Waals surface area contributed by atoms with Gasteiger partial charge in [0.2, 0.25) is 0 Å². The zero-order valence-electron chi connectivity index (χ0n) is 15.3. The van der Waals surface area contributed by atoms with Crippen molar-refractivity contribution in [2.24, 2.45) is 4.99 Å². The predicted octanol–water partition coefficient (Wildman–Crippen LogP) is 4.08. The Morgan fingerprint density at radius 1 is 1.26 bits per heavy atom. The second-order valence-corrected chi connectivity index (χ2v) is 7.00. The first-order chi connectivity index (χ1) is 13.0. The van der Waals surface area contributed by atoms with E-state index in [9.17, 15) is 14.9 Å². The fourth-order valence-electron chi connectivity index (χ4n) is 2.84. The van der Waals surface area contributed by atoms with Crippen molar-refractivity contribution in [3.63, 3.8) is 0 Å². The molecule has 140 valence electrons. The van der Waals surface area contributed by atoms with Gasteiger partial charge in [0.05, 0.1) is 16.7 Å². The van der Waals surface area contributed by atoms with Crippen LogP contribution in [0.15, 0.2) is 41.4 Å². The largest absolute Gasteiger partial charge is 0.495 e. The third-order valence-corrected chi connectivity index (χ3v) is 5.39. The molecule has 0 unspecified atom stereocenters. The van der Waals surface area contributed by atoms with E-state index >= 15 is 0 Å². The van der Waals surface area contributed by atoms with Crippen LogP contribution < -0.4 is 9.54 Å². The van der Waals surface area contributed by atoms with Crippen LogP contribution in [0.25, 0.3) is 10.2 Å². The first-order valence-corrected chi connectivity index (χ1v) is 9.28. The number of nitrogens with zero attached hydrogens (tertiary/aromatic N) is 3. The van der Waals surface area contributed by atoms with Gasteiger partial charge < -0.3 is 9.30 Å². The molecular formula is C19H19N3O4S. The Hall–Kier alpha value is -3.00. The van der Waals surface area contributed by atoms with E-state index in [1.54, 1.807) is 7.11 Å². The molecule has 0 aliphatic rings. The number of nitro benzene ring substituents is 1. The fraction of sp³-hybridized carbons (Fsp3) is 0.263. The minimum Gasteiger partial charge on any atom is -0.495 e. The van der Waals surface area contributed by atoms with Gasteiger partial charge >= 0.3 is 0 Å². The number of methoxy groups -OCH3 is 1. The Bertz CT molecular complexity index is 1080. The maximum absolute atomic E-state index is 12.6. The molecule has 2 aromatic carbocycles. The van der Waals surface area contributed by atoms with Gasteiger partial charge in [-0.15, -0.1) is 0 Å². The van der Waals surface area contributed by atoms with Crippen molar-refractivity contribution in [2.75, 3.05) is 7.11 Å². The lowest BCUT2D eigenvalue weighted by molar-refractivity contribution is -0.384. The van der Waals surface area contributed by atoms with Crippen molar-refractivity contribution in [2.45, 2.75) is 26.8 Å². The number of thiazole rings is 1. The van der Waals surface area contributed by atoms with Gasteiger partial charge in [-0.05, 0) is 37.1 Å². The van der Waals surface area contributed by atoms with Crippen LogP contribution in [-0.4, -0.2) is 22.5 Å². The monoisotopic (exact) mass is 385 g/mol. The number of aromatic nitrogens is 1. The highest BCUT2D eigenvalue weighted by Gasteiger charge is 2.15. The molecule has 3 rings (SSSR count). The summed E-state index contributed by atoms with van der Waals surface area (Å²) in [5.41, 5.74) is 2.27. The molecule has 7 nitrogen and oxygen atoms in total. The normalized spacial score (nSPS) is 11.7. The van der Waals surface area contributed by atoms with Crippen molar-refractivity contribution in [1.29, 1.82) is 0 Å². The third kappa shape index (κ3) is 3.61. The molecule has 0 N–H and O–H groups in total. The number of carbonyl (C=O) groups is 1. The summed E-state index contributed by atoms with van der Waals surface area (Å²) in [5, 5.41) is 10.8. The van der Waals surface area contributed by atoms with Gasteiger partial charge in [-0.2, -0.15) is 4.99 Å². The molecule has 8 heteroatoms. The van der Waals surface area contributed by atoms with Crippen LogP contribution in [0.3, 0.4) is 0 Å². The summed E-state index contributed by atoms with van der Waals surface area (Å²) in [4.78, 5) is 27.7. The predicted molar refractivity (Wildman–Crippen MR) is 104 cm³/mol. The average molecular weight is 385 g/mol. The van der Waals surface area contributed by atoms with E-state index < -0.39 is 10.8 Å². The standard InChI is InChI=1S/C19H19N3O4S/c1-4-11-21-16-15(26-3)10-5-12(2)17(16)27-19(21)20-18(23)13-6-8-14(9-7-13)22(24)25/h5-10H,4,11H2,1-3H3. The molecule has 27 heavy (non-hydrogen) atoms. The lowest BCUT2D eigenvalue weighted by Crippen LogP contribution is -2.17. The maximum Gasteiger partial charge on any atom is 0.279 e. The molecule has 0 fully saturated rings. The highest BCUT2D eigenvalue weighted by atomic mass is 32.1. The lowest BCUT2D eigenvalue weighted by Gasteiger charge is -2.08. The van der Waals surface area contributed by atoms with Gasteiger partial charge in [-0.25, -0.2) is 0 Å². The topological polar surface area (TPSA) is 86.7 Å². The van der Waals surface area contributed by atoms with Crippen LogP contribution in [0.1, 0.15) is 29.3 Å². The Kier molecular flexibility index (Phi) is 5.36. The number of fused-ring (bicyclic) bond motifs is 1. The quantitative estimate of drug-likeness (QED) is 0.489. The number of ether oxygens (including phenoxy) is 1. The molecule has 0 radical (unpaired) electrons. The number of hydrogen-bond acceptors (Lipinski definition) is 5. The molecule has 1 heterocycles. The van der Waals surface area contributed by atoms with E-state index in [0.717, 1.165) is 28.0 Å². The summed E-state index contributed by atoms with van der Waals surface area (Å²) in [6, 6.07) is 9.36. The second-order valence-electron chi connectivity index (χ2n) is 6.02. The van der Waals surface area contributed by atoms with E-state index in [2.05, 4.69) is 11.9 Å². The molecule has 0 saturated carbocycles. The van der Waals surface area contributed by atoms with Gasteiger partial charge in [0.15, 0.2) is 4.80 Å². The highest BCUT2D eigenvalue weighted by molar-refractivity contribution is 7.16. The summed E-state index contributed by atoms with van der Waals surface area (Å²) >= 11 is 1.44. The Morgan fingerprint density at radius 2 is 1.96 bits per heavy atom. The smallest absolute Gasteiger partial charge is 0.279 e. The molecule has 0 spiro atoms. The second kappa shape index (κ2) is 7.71.